The van der Waals surface area contributed by atoms with Crippen LogP contribution in [-0.2, 0) is 17.7 Å². The Labute approximate surface area is 119 Å². The molecule has 1 aromatic carbocycles. The Bertz CT molecular complexity index is 596. The molecule has 1 N–H and O–H groups in total. The number of aliphatic hydroxyl groups is 1. The van der Waals surface area contributed by atoms with Gasteiger partial charge in [0.1, 0.15) is 5.82 Å². The van der Waals surface area contributed by atoms with Crippen LogP contribution in [0.1, 0.15) is 32.0 Å². The highest BCUT2D eigenvalue weighted by Gasteiger charge is 2.44. The van der Waals surface area contributed by atoms with Gasteiger partial charge in [-0.2, -0.15) is 0 Å². The highest BCUT2D eigenvalue weighted by atomic mass is 16.5. The van der Waals surface area contributed by atoms with E-state index in [1.54, 1.807) is 7.11 Å². The van der Waals surface area contributed by atoms with E-state index in [1.165, 1.54) is 0 Å². The number of imidazole rings is 1. The van der Waals surface area contributed by atoms with Crippen LogP contribution in [0.5, 0.6) is 0 Å². The molecular weight excluding hydrogens is 252 g/mol. The first kappa shape index (κ1) is 13.6. The fourth-order valence-electron chi connectivity index (χ4n) is 3.19. The van der Waals surface area contributed by atoms with E-state index < -0.39 is 6.10 Å². The van der Waals surface area contributed by atoms with Crippen molar-refractivity contribution in [1.29, 1.82) is 0 Å². The molecular formula is C16H22N2O2. The molecule has 1 aromatic heterocycles. The number of aryl methyl sites for hydroxylation is 1. The molecule has 20 heavy (non-hydrogen) atoms. The van der Waals surface area contributed by atoms with Crippen molar-refractivity contribution in [2.24, 2.45) is 0 Å². The van der Waals surface area contributed by atoms with Crippen molar-refractivity contribution in [3.05, 3.63) is 30.1 Å². The second-order valence-electron chi connectivity index (χ2n) is 5.60. The van der Waals surface area contributed by atoms with Gasteiger partial charge in [-0.15, -0.1) is 0 Å². The van der Waals surface area contributed by atoms with Gasteiger partial charge < -0.3 is 14.4 Å². The third kappa shape index (κ3) is 2.03. The Kier molecular flexibility index (Phi) is 3.52. The molecule has 0 aliphatic heterocycles. The van der Waals surface area contributed by atoms with Gasteiger partial charge in [-0.1, -0.05) is 12.1 Å². The number of nitrogens with zero attached hydrogens (tertiary/aromatic N) is 2. The number of benzene rings is 1. The minimum atomic E-state index is -0.483. The molecule has 0 bridgehead atoms. The maximum Gasteiger partial charge on any atom is 0.112 e. The number of hydrogen-bond acceptors (Lipinski definition) is 3. The van der Waals surface area contributed by atoms with Crippen molar-refractivity contribution in [3.8, 4) is 0 Å². The normalized spacial score (nSPS) is 18.9. The highest BCUT2D eigenvalue weighted by molar-refractivity contribution is 5.75. The summed E-state index contributed by atoms with van der Waals surface area (Å²) in [5, 5.41) is 10.5. The van der Waals surface area contributed by atoms with Crippen LogP contribution in [0, 0.1) is 0 Å². The molecule has 1 aliphatic carbocycles. The number of rotatable bonds is 5. The molecule has 108 valence electrons. The van der Waals surface area contributed by atoms with Crippen LogP contribution < -0.4 is 0 Å². The van der Waals surface area contributed by atoms with E-state index in [4.69, 9.17) is 4.74 Å². The zero-order valence-corrected chi connectivity index (χ0v) is 12.2. The lowest BCUT2D eigenvalue weighted by atomic mass is 9.74. The predicted molar refractivity (Wildman–Crippen MR) is 78.7 cm³/mol. The van der Waals surface area contributed by atoms with E-state index in [1.807, 2.05) is 18.2 Å². The number of hydrogen-bond donors (Lipinski definition) is 1. The van der Waals surface area contributed by atoms with Gasteiger partial charge in [0, 0.05) is 20.1 Å². The highest BCUT2D eigenvalue weighted by Crippen LogP contribution is 2.39. The molecule has 4 heteroatoms. The van der Waals surface area contributed by atoms with Crippen LogP contribution in [-0.4, -0.2) is 33.5 Å². The quantitative estimate of drug-likeness (QED) is 0.911. The number of ether oxygens (including phenoxy) is 1. The molecule has 2 aromatic rings. The first-order valence-electron chi connectivity index (χ1n) is 7.37. The molecule has 1 atom stereocenters. The van der Waals surface area contributed by atoms with Gasteiger partial charge in [-0.3, -0.25) is 0 Å². The summed E-state index contributed by atoms with van der Waals surface area (Å²) >= 11 is 0. The van der Waals surface area contributed by atoms with E-state index in [0.717, 1.165) is 42.7 Å². The second-order valence-corrected chi connectivity index (χ2v) is 5.60. The van der Waals surface area contributed by atoms with Crippen molar-refractivity contribution in [3.63, 3.8) is 0 Å². The smallest absolute Gasteiger partial charge is 0.112 e. The average Bonchev–Trinajstić information content (AvgIpc) is 2.75. The van der Waals surface area contributed by atoms with E-state index in [0.29, 0.717) is 6.42 Å². The van der Waals surface area contributed by atoms with Gasteiger partial charge in [0.25, 0.3) is 0 Å². The summed E-state index contributed by atoms with van der Waals surface area (Å²) in [7, 11) is 1.70. The van der Waals surface area contributed by atoms with E-state index in [-0.39, 0.29) is 5.60 Å². The first-order chi connectivity index (χ1) is 9.70. The summed E-state index contributed by atoms with van der Waals surface area (Å²) < 4.78 is 7.75. The van der Waals surface area contributed by atoms with Gasteiger partial charge in [0.05, 0.1) is 22.7 Å². The van der Waals surface area contributed by atoms with Gasteiger partial charge in [-0.25, -0.2) is 4.98 Å². The molecule has 4 nitrogen and oxygen atoms in total. The van der Waals surface area contributed by atoms with Crippen LogP contribution in [0.4, 0.5) is 0 Å². The predicted octanol–water partition coefficient (Wildman–Crippen LogP) is 2.53. The fraction of sp³-hybridized carbons (Fsp3) is 0.562. The minimum absolute atomic E-state index is 0.350. The van der Waals surface area contributed by atoms with Crippen LogP contribution in [0.3, 0.4) is 0 Å². The number of aliphatic hydroxyl groups excluding tert-OH is 1. The molecule has 1 fully saturated rings. The number of methoxy groups -OCH3 is 1. The van der Waals surface area contributed by atoms with Crippen molar-refractivity contribution in [1.82, 2.24) is 9.55 Å². The third-order valence-electron chi connectivity index (χ3n) is 4.64. The Morgan fingerprint density at radius 2 is 2.15 bits per heavy atom. The summed E-state index contributed by atoms with van der Waals surface area (Å²) in [5.74, 6) is 0.949. The Hall–Kier alpha value is -1.39. The molecule has 0 saturated heterocycles. The molecule has 1 heterocycles. The lowest BCUT2D eigenvalue weighted by molar-refractivity contribution is -0.149. The standard InChI is InChI=1S/C16H22N2O2/c1-3-18-13-8-5-4-7-12(13)17-15(18)11-14(19)16(20-2)9-6-10-16/h4-5,7-8,14,19H,3,6,9-11H2,1-2H3. The zero-order valence-electron chi connectivity index (χ0n) is 12.2. The largest absolute Gasteiger partial charge is 0.390 e. The summed E-state index contributed by atoms with van der Waals surface area (Å²) in [6.07, 6.45) is 3.09. The Balaban J connectivity index is 1.90. The van der Waals surface area contributed by atoms with Crippen molar-refractivity contribution in [2.75, 3.05) is 7.11 Å². The van der Waals surface area contributed by atoms with Gasteiger partial charge >= 0.3 is 0 Å². The van der Waals surface area contributed by atoms with Crippen LogP contribution in [0.2, 0.25) is 0 Å². The van der Waals surface area contributed by atoms with Gasteiger partial charge in [-0.05, 0) is 38.3 Å². The SMILES string of the molecule is CCn1c(CC(O)C2(OC)CCC2)nc2ccccc21. The Morgan fingerprint density at radius 1 is 1.40 bits per heavy atom. The van der Waals surface area contributed by atoms with Crippen molar-refractivity contribution >= 4 is 11.0 Å². The third-order valence-corrected chi connectivity index (χ3v) is 4.64. The zero-order chi connectivity index (χ0) is 14.2. The summed E-state index contributed by atoms with van der Waals surface area (Å²) in [4.78, 5) is 4.68. The second kappa shape index (κ2) is 5.19. The van der Waals surface area contributed by atoms with E-state index in [9.17, 15) is 5.11 Å². The summed E-state index contributed by atoms with van der Waals surface area (Å²) in [6, 6.07) is 8.13. The van der Waals surface area contributed by atoms with Crippen LogP contribution >= 0.6 is 0 Å². The Morgan fingerprint density at radius 3 is 2.75 bits per heavy atom. The maximum atomic E-state index is 10.5. The maximum absolute atomic E-state index is 10.5. The summed E-state index contributed by atoms with van der Waals surface area (Å²) in [5.41, 5.74) is 1.78. The molecule has 1 unspecified atom stereocenters. The van der Waals surface area contributed by atoms with Crippen molar-refractivity contribution in [2.45, 2.75) is 50.9 Å². The number of fused-ring (bicyclic) bond motifs is 1. The number of para-hydroxylation sites is 2. The lowest BCUT2D eigenvalue weighted by Gasteiger charge is -2.44. The number of aromatic nitrogens is 2. The molecule has 0 spiro atoms. The van der Waals surface area contributed by atoms with E-state index in [2.05, 4.69) is 22.5 Å². The minimum Gasteiger partial charge on any atom is -0.390 e. The summed E-state index contributed by atoms with van der Waals surface area (Å²) in [6.45, 7) is 2.97. The van der Waals surface area contributed by atoms with Crippen molar-refractivity contribution < 1.29 is 9.84 Å². The van der Waals surface area contributed by atoms with Gasteiger partial charge in [0.15, 0.2) is 0 Å². The molecule has 0 amide bonds. The molecule has 0 radical (unpaired) electrons. The first-order valence-corrected chi connectivity index (χ1v) is 7.37. The van der Waals surface area contributed by atoms with Gasteiger partial charge in [0.2, 0.25) is 0 Å². The van der Waals surface area contributed by atoms with E-state index >= 15 is 0 Å². The molecule has 1 saturated carbocycles. The molecule has 3 rings (SSSR count). The monoisotopic (exact) mass is 274 g/mol. The van der Waals surface area contributed by atoms with Crippen LogP contribution in [0.25, 0.3) is 11.0 Å². The topological polar surface area (TPSA) is 47.3 Å². The molecule has 1 aliphatic rings. The average molecular weight is 274 g/mol. The lowest BCUT2D eigenvalue weighted by Crippen LogP contribution is -2.51. The van der Waals surface area contributed by atoms with Crippen LogP contribution in [0.15, 0.2) is 24.3 Å². The fourth-order valence-corrected chi connectivity index (χ4v) is 3.19.